The number of halogens is 3. The van der Waals surface area contributed by atoms with Crippen LogP contribution in [-0.4, -0.2) is 6.54 Å². The summed E-state index contributed by atoms with van der Waals surface area (Å²) in [5.74, 6) is 0. The summed E-state index contributed by atoms with van der Waals surface area (Å²) in [6, 6.07) is 12.3. The third kappa shape index (κ3) is 4.01. The van der Waals surface area contributed by atoms with Gasteiger partial charge in [-0.05, 0) is 42.6 Å². The van der Waals surface area contributed by atoms with Crippen LogP contribution < -0.4 is 5.32 Å². The summed E-state index contributed by atoms with van der Waals surface area (Å²) >= 11 is 16.1. The van der Waals surface area contributed by atoms with E-state index in [1.165, 1.54) is 11.1 Å². The molecule has 1 atom stereocenters. The molecule has 1 unspecified atom stereocenters. The molecule has 0 amide bonds. The summed E-state index contributed by atoms with van der Waals surface area (Å²) < 4.78 is 1.15. The van der Waals surface area contributed by atoms with Crippen molar-refractivity contribution in [1.82, 2.24) is 5.32 Å². The quantitative estimate of drug-likeness (QED) is 0.668. The lowest BCUT2D eigenvalue weighted by molar-refractivity contribution is 0.547. The Morgan fingerprint density at radius 1 is 1.14 bits per heavy atom. The summed E-state index contributed by atoms with van der Waals surface area (Å²) in [6.07, 6.45) is 0.801. The highest BCUT2D eigenvalue weighted by molar-refractivity contribution is 9.10. The van der Waals surface area contributed by atoms with Crippen LogP contribution in [0.5, 0.6) is 0 Å². The molecule has 0 fully saturated rings. The van der Waals surface area contributed by atoms with E-state index in [2.05, 4.69) is 53.3 Å². The third-order valence-electron chi connectivity index (χ3n) is 3.50. The zero-order valence-electron chi connectivity index (χ0n) is 12.1. The molecule has 1 N–H and O–H groups in total. The Labute approximate surface area is 144 Å². The van der Waals surface area contributed by atoms with Gasteiger partial charge in [0.1, 0.15) is 0 Å². The SMILES string of the molecule is CCNC(Cc1cccc(Cl)c1Cl)c1cccc(C)c1Br. The highest BCUT2D eigenvalue weighted by Crippen LogP contribution is 2.32. The van der Waals surface area contributed by atoms with Crippen LogP contribution in [0.15, 0.2) is 40.9 Å². The average molecular weight is 387 g/mol. The molecule has 1 nitrogen and oxygen atoms in total. The molecule has 0 aromatic heterocycles. The second kappa shape index (κ2) is 7.64. The fourth-order valence-electron chi connectivity index (χ4n) is 2.40. The van der Waals surface area contributed by atoms with Gasteiger partial charge in [-0.3, -0.25) is 0 Å². The molecule has 2 aromatic rings. The van der Waals surface area contributed by atoms with Crippen LogP contribution >= 0.6 is 39.1 Å². The van der Waals surface area contributed by atoms with Crippen molar-refractivity contribution in [3.63, 3.8) is 0 Å². The van der Waals surface area contributed by atoms with Crippen molar-refractivity contribution in [2.45, 2.75) is 26.3 Å². The Kier molecular flexibility index (Phi) is 6.12. The third-order valence-corrected chi connectivity index (χ3v) is 5.44. The first-order chi connectivity index (χ1) is 10.0. The maximum Gasteiger partial charge on any atom is 0.0624 e. The van der Waals surface area contributed by atoms with Crippen molar-refractivity contribution in [3.05, 3.63) is 67.6 Å². The molecule has 0 saturated carbocycles. The van der Waals surface area contributed by atoms with E-state index in [4.69, 9.17) is 23.2 Å². The number of benzene rings is 2. The highest BCUT2D eigenvalue weighted by Gasteiger charge is 2.17. The summed E-state index contributed by atoms with van der Waals surface area (Å²) in [4.78, 5) is 0. The molecule has 4 heteroatoms. The van der Waals surface area contributed by atoms with E-state index in [1.54, 1.807) is 0 Å². The zero-order chi connectivity index (χ0) is 15.4. The largest absolute Gasteiger partial charge is 0.310 e. The lowest BCUT2D eigenvalue weighted by atomic mass is 9.97. The molecular weight excluding hydrogens is 369 g/mol. The van der Waals surface area contributed by atoms with Crippen LogP contribution in [0.2, 0.25) is 10.0 Å². The maximum absolute atomic E-state index is 6.32. The van der Waals surface area contributed by atoms with Gasteiger partial charge in [0.2, 0.25) is 0 Å². The highest BCUT2D eigenvalue weighted by atomic mass is 79.9. The van der Waals surface area contributed by atoms with E-state index in [1.807, 2.05) is 18.2 Å². The van der Waals surface area contributed by atoms with Gasteiger partial charge in [0.05, 0.1) is 10.0 Å². The minimum Gasteiger partial charge on any atom is -0.310 e. The molecule has 0 bridgehead atoms. The molecule has 21 heavy (non-hydrogen) atoms. The molecule has 0 aliphatic heterocycles. The van der Waals surface area contributed by atoms with E-state index in [0.717, 1.165) is 23.0 Å². The van der Waals surface area contributed by atoms with Gasteiger partial charge in [-0.2, -0.15) is 0 Å². The summed E-state index contributed by atoms with van der Waals surface area (Å²) in [5, 5.41) is 4.78. The molecular formula is C17H18BrCl2N. The summed E-state index contributed by atoms with van der Waals surface area (Å²) in [5.41, 5.74) is 3.53. The smallest absolute Gasteiger partial charge is 0.0624 e. The Morgan fingerprint density at radius 3 is 2.57 bits per heavy atom. The van der Waals surface area contributed by atoms with E-state index in [0.29, 0.717) is 10.0 Å². The fraction of sp³-hybridized carbons (Fsp3) is 0.294. The number of hydrogen-bond donors (Lipinski definition) is 1. The van der Waals surface area contributed by atoms with Gasteiger partial charge >= 0.3 is 0 Å². The van der Waals surface area contributed by atoms with E-state index in [9.17, 15) is 0 Å². The van der Waals surface area contributed by atoms with Gasteiger partial charge < -0.3 is 5.32 Å². The molecule has 0 radical (unpaired) electrons. The number of nitrogens with one attached hydrogen (secondary N) is 1. The second-order valence-electron chi connectivity index (χ2n) is 5.01. The molecule has 0 saturated heterocycles. The number of hydrogen-bond acceptors (Lipinski definition) is 1. The van der Waals surface area contributed by atoms with Gasteiger partial charge in [-0.25, -0.2) is 0 Å². The molecule has 112 valence electrons. The Morgan fingerprint density at radius 2 is 1.86 bits per heavy atom. The Balaban J connectivity index is 2.35. The van der Waals surface area contributed by atoms with Gasteiger partial charge in [0.15, 0.2) is 0 Å². The van der Waals surface area contributed by atoms with Gasteiger partial charge in [-0.1, -0.05) is 76.4 Å². The lowest BCUT2D eigenvalue weighted by Gasteiger charge is -2.21. The maximum atomic E-state index is 6.32. The first-order valence-electron chi connectivity index (χ1n) is 6.95. The minimum absolute atomic E-state index is 0.195. The Bertz CT molecular complexity index is 628. The van der Waals surface area contributed by atoms with E-state index in [-0.39, 0.29) is 6.04 Å². The van der Waals surface area contributed by atoms with E-state index < -0.39 is 0 Å². The fourth-order valence-corrected chi connectivity index (χ4v) is 3.34. The second-order valence-corrected chi connectivity index (χ2v) is 6.58. The van der Waals surface area contributed by atoms with E-state index >= 15 is 0 Å². The Hall–Kier alpha value is -0.540. The molecule has 0 aliphatic rings. The van der Waals surface area contributed by atoms with Crippen molar-refractivity contribution < 1.29 is 0 Å². The van der Waals surface area contributed by atoms with Crippen molar-refractivity contribution in [2.24, 2.45) is 0 Å². The number of rotatable bonds is 5. The van der Waals surface area contributed by atoms with Crippen LogP contribution in [0.25, 0.3) is 0 Å². The molecule has 2 aromatic carbocycles. The monoisotopic (exact) mass is 385 g/mol. The summed E-state index contributed by atoms with van der Waals surface area (Å²) in [6.45, 7) is 5.10. The molecule has 2 rings (SSSR count). The first-order valence-corrected chi connectivity index (χ1v) is 8.50. The topological polar surface area (TPSA) is 12.0 Å². The van der Waals surface area contributed by atoms with Crippen LogP contribution in [0.3, 0.4) is 0 Å². The van der Waals surface area contributed by atoms with Crippen LogP contribution in [0.1, 0.15) is 29.7 Å². The van der Waals surface area contributed by atoms with Crippen molar-refractivity contribution in [2.75, 3.05) is 6.54 Å². The lowest BCUT2D eigenvalue weighted by Crippen LogP contribution is -2.23. The standard InChI is InChI=1S/C17H18BrCl2N/c1-3-21-15(13-8-4-6-11(2)16(13)18)10-12-7-5-9-14(19)17(12)20/h4-9,15,21H,3,10H2,1-2H3. The normalized spacial score (nSPS) is 12.4. The molecule has 0 heterocycles. The number of aryl methyl sites for hydroxylation is 1. The average Bonchev–Trinajstić information content (AvgIpc) is 2.46. The predicted molar refractivity (Wildman–Crippen MR) is 95.5 cm³/mol. The van der Waals surface area contributed by atoms with Gasteiger partial charge in [0, 0.05) is 10.5 Å². The van der Waals surface area contributed by atoms with Crippen LogP contribution in [0, 0.1) is 6.92 Å². The minimum atomic E-state index is 0.195. The van der Waals surface area contributed by atoms with Crippen LogP contribution in [-0.2, 0) is 6.42 Å². The van der Waals surface area contributed by atoms with Crippen molar-refractivity contribution >= 4 is 39.1 Å². The zero-order valence-corrected chi connectivity index (χ0v) is 15.2. The van der Waals surface area contributed by atoms with Gasteiger partial charge in [0.25, 0.3) is 0 Å². The van der Waals surface area contributed by atoms with Crippen LogP contribution in [0.4, 0.5) is 0 Å². The van der Waals surface area contributed by atoms with Crippen molar-refractivity contribution in [3.8, 4) is 0 Å². The number of likely N-dealkylation sites (N-methyl/N-ethyl adjacent to an activating group) is 1. The van der Waals surface area contributed by atoms with Crippen molar-refractivity contribution in [1.29, 1.82) is 0 Å². The van der Waals surface area contributed by atoms with Gasteiger partial charge in [-0.15, -0.1) is 0 Å². The predicted octanol–water partition coefficient (Wildman–Crippen LogP) is 5.96. The first kappa shape index (κ1) is 16.8. The molecule has 0 spiro atoms. The molecule has 0 aliphatic carbocycles. The summed E-state index contributed by atoms with van der Waals surface area (Å²) in [7, 11) is 0.